The number of nitrogens with one attached hydrogen (secondary N) is 2. The Morgan fingerprint density at radius 3 is 2.62 bits per heavy atom. The Bertz CT molecular complexity index is 1500. The zero-order valence-corrected chi connectivity index (χ0v) is 20.5. The van der Waals surface area contributed by atoms with E-state index in [1.165, 1.54) is 4.80 Å². The van der Waals surface area contributed by atoms with Crippen LogP contribution in [0.25, 0.3) is 26.7 Å². The molecule has 2 atom stereocenters. The first-order valence-corrected chi connectivity index (χ1v) is 12.1. The standard InChI is InChI=1S/C25H23ClN6OS/c1-14-7-9-21(32-27-11-12-28-32)19(13-14)24(33)29-15(2)16(3)30-25-31-23-18-5-4-6-20(26)17(18)8-10-22(23)34-25/h4-13,15-16H,1-3H3,(H,29,33)(H,30,31). The summed E-state index contributed by atoms with van der Waals surface area (Å²) in [6.07, 6.45) is 3.18. The molecule has 9 heteroatoms. The third kappa shape index (κ3) is 4.22. The number of hydrogen-bond acceptors (Lipinski definition) is 6. The number of benzene rings is 3. The largest absolute Gasteiger partial charge is 0.357 e. The molecule has 0 aliphatic rings. The predicted molar refractivity (Wildman–Crippen MR) is 138 cm³/mol. The molecule has 2 N–H and O–H groups in total. The second-order valence-corrected chi connectivity index (χ2v) is 9.74. The van der Waals surface area contributed by atoms with E-state index in [4.69, 9.17) is 16.6 Å². The minimum Gasteiger partial charge on any atom is -0.357 e. The van der Waals surface area contributed by atoms with Gasteiger partial charge in [-0.1, -0.05) is 52.8 Å². The van der Waals surface area contributed by atoms with Gasteiger partial charge in [-0.2, -0.15) is 15.0 Å². The van der Waals surface area contributed by atoms with Crippen LogP contribution >= 0.6 is 22.9 Å². The summed E-state index contributed by atoms with van der Waals surface area (Å²) in [5, 5.41) is 18.4. The van der Waals surface area contributed by atoms with Crippen LogP contribution in [-0.2, 0) is 0 Å². The highest BCUT2D eigenvalue weighted by atomic mass is 35.5. The highest BCUT2D eigenvalue weighted by Crippen LogP contribution is 2.34. The maximum atomic E-state index is 13.2. The second kappa shape index (κ2) is 9.04. The van der Waals surface area contributed by atoms with E-state index in [2.05, 4.69) is 20.8 Å². The van der Waals surface area contributed by atoms with Crippen molar-refractivity contribution in [3.05, 3.63) is 77.1 Å². The topological polar surface area (TPSA) is 84.7 Å². The van der Waals surface area contributed by atoms with Crippen LogP contribution in [0.1, 0.15) is 29.8 Å². The van der Waals surface area contributed by atoms with Crippen molar-refractivity contribution in [3.8, 4) is 5.69 Å². The van der Waals surface area contributed by atoms with Crippen molar-refractivity contribution in [1.82, 2.24) is 25.3 Å². The van der Waals surface area contributed by atoms with Gasteiger partial charge in [-0.05, 0) is 45.0 Å². The second-order valence-electron chi connectivity index (χ2n) is 8.30. The summed E-state index contributed by atoms with van der Waals surface area (Å²) >= 11 is 7.94. The first-order valence-electron chi connectivity index (χ1n) is 10.9. The van der Waals surface area contributed by atoms with E-state index in [1.54, 1.807) is 23.7 Å². The van der Waals surface area contributed by atoms with Crippen molar-refractivity contribution in [1.29, 1.82) is 0 Å². The monoisotopic (exact) mass is 490 g/mol. The summed E-state index contributed by atoms with van der Waals surface area (Å²) < 4.78 is 1.08. The van der Waals surface area contributed by atoms with Crippen LogP contribution in [0.15, 0.2) is 60.9 Å². The quantitative estimate of drug-likeness (QED) is 0.323. The van der Waals surface area contributed by atoms with Crippen molar-refractivity contribution in [3.63, 3.8) is 0 Å². The molecule has 0 spiro atoms. The molecule has 5 rings (SSSR count). The molecule has 3 aromatic carbocycles. The van der Waals surface area contributed by atoms with Crippen molar-refractivity contribution >= 4 is 55.0 Å². The van der Waals surface area contributed by atoms with Crippen molar-refractivity contribution in [2.45, 2.75) is 32.9 Å². The van der Waals surface area contributed by atoms with Gasteiger partial charge in [-0.25, -0.2) is 4.98 Å². The predicted octanol–water partition coefficient (Wildman–Crippen LogP) is 5.61. The van der Waals surface area contributed by atoms with Gasteiger partial charge in [0, 0.05) is 27.9 Å². The molecule has 172 valence electrons. The minimum absolute atomic E-state index is 0.0598. The number of carbonyl (C=O) groups is 1. The maximum absolute atomic E-state index is 13.2. The number of rotatable bonds is 6. The normalized spacial score (nSPS) is 13.2. The highest BCUT2D eigenvalue weighted by Gasteiger charge is 2.20. The van der Waals surface area contributed by atoms with Gasteiger partial charge in [0.25, 0.3) is 5.91 Å². The van der Waals surface area contributed by atoms with Crippen LogP contribution in [0, 0.1) is 6.92 Å². The molecule has 34 heavy (non-hydrogen) atoms. The Kier molecular flexibility index (Phi) is 5.93. The molecule has 0 radical (unpaired) electrons. The fraction of sp³-hybridized carbons (Fsp3) is 0.200. The molecule has 2 heterocycles. The molecular formula is C25H23ClN6OS. The van der Waals surface area contributed by atoms with Gasteiger partial charge in [-0.3, -0.25) is 4.79 Å². The van der Waals surface area contributed by atoms with E-state index in [-0.39, 0.29) is 18.0 Å². The van der Waals surface area contributed by atoms with Crippen LogP contribution in [0.3, 0.4) is 0 Å². The Balaban J connectivity index is 1.34. The van der Waals surface area contributed by atoms with Crippen molar-refractivity contribution in [2.24, 2.45) is 0 Å². The molecule has 5 aromatic rings. The van der Waals surface area contributed by atoms with Crippen molar-refractivity contribution in [2.75, 3.05) is 5.32 Å². The van der Waals surface area contributed by atoms with E-state index < -0.39 is 0 Å². The van der Waals surface area contributed by atoms with Gasteiger partial charge < -0.3 is 10.6 Å². The van der Waals surface area contributed by atoms with Gasteiger partial charge in [0.05, 0.1) is 33.9 Å². The number of anilines is 1. The van der Waals surface area contributed by atoms with Crippen LogP contribution in [-0.4, -0.2) is 38.0 Å². The van der Waals surface area contributed by atoms with Gasteiger partial charge in [0.15, 0.2) is 5.13 Å². The first-order chi connectivity index (χ1) is 16.4. The molecule has 7 nitrogen and oxygen atoms in total. The number of hydrogen-bond donors (Lipinski definition) is 2. The minimum atomic E-state index is -0.179. The molecule has 0 aliphatic heterocycles. The van der Waals surface area contributed by atoms with Crippen LogP contribution < -0.4 is 10.6 Å². The summed E-state index contributed by atoms with van der Waals surface area (Å²) in [5.74, 6) is -0.179. The maximum Gasteiger partial charge on any atom is 0.253 e. The molecule has 2 unspecified atom stereocenters. The summed E-state index contributed by atoms with van der Waals surface area (Å²) in [4.78, 5) is 19.4. The lowest BCUT2D eigenvalue weighted by Crippen LogP contribution is -2.43. The molecule has 0 saturated carbocycles. The molecule has 0 bridgehead atoms. The lowest BCUT2D eigenvalue weighted by Gasteiger charge is -2.22. The lowest BCUT2D eigenvalue weighted by atomic mass is 10.1. The van der Waals surface area contributed by atoms with E-state index in [1.807, 2.05) is 69.3 Å². The highest BCUT2D eigenvalue weighted by molar-refractivity contribution is 7.22. The van der Waals surface area contributed by atoms with Gasteiger partial charge in [0.2, 0.25) is 0 Å². The van der Waals surface area contributed by atoms with Crippen molar-refractivity contribution < 1.29 is 4.79 Å². The fourth-order valence-electron chi connectivity index (χ4n) is 3.85. The number of carbonyl (C=O) groups excluding carboxylic acids is 1. The first kappa shape index (κ1) is 22.3. The Morgan fingerprint density at radius 2 is 1.82 bits per heavy atom. The Labute approximate surface area is 205 Å². The zero-order valence-electron chi connectivity index (χ0n) is 18.9. The fourth-order valence-corrected chi connectivity index (χ4v) is 5.06. The van der Waals surface area contributed by atoms with Gasteiger partial charge >= 0.3 is 0 Å². The average Bonchev–Trinajstić information content (AvgIpc) is 3.49. The molecular weight excluding hydrogens is 468 g/mol. The number of fused-ring (bicyclic) bond motifs is 3. The summed E-state index contributed by atoms with van der Waals surface area (Å²) in [6, 6.07) is 15.4. The Hall–Kier alpha value is -3.49. The third-order valence-corrected chi connectivity index (χ3v) is 7.14. The lowest BCUT2D eigenvalue weighted by molar-refractivity contribution is 0.0936. The van der Waals surface area contributed by atoms with E-state index in [9.17, 15) is 4.79 Å². The third-order valence-electron chi connectivity index (χ3n) is 5.85. The summed E-state index contributed by atoms with van der Waals surface area (Å²) in [5.41, 5.74) is 3.07. The van der Waals surface area contributed by atoms with Gasteiger partial charge in [-0.15, -0.1) is 0 Å². The Morgan fingerprint density at radius 1 is 1.03 bits per heavy atom. The SMILES string of the molecule is Cc1ccc(-n2nccn2)c(C(=O)NC(C)C(C)Nc2nc3c(ccc4c(Cl)cccc43)s2)c1. The number of halogens is 1. The average molecular weight is 491 g/mol. The van der Waals surface area contributed by atoms with Crippen LogP contribution in [0.5, 0.6) is 0 Å². The smallest absolute Gasteiger partial charge is 0.253 e. The zero-order chi connectivity index (χ0) is 23.8. The van der Waals surface area contributed by atoms with E-state index in [0.29, 0.717) is 16.3 Å². The van der Waals surface area contributed by atoms with Crippen LogP contribution in [0.2, 0.25) is 5.02 Å². The van der Waals surface area contributed by atoms with Gasteiger partial charge in [0.1, 0.15) is 0 Å². The molecule has 1 amide bonds. The number of amides is 1. The summed E-state index contributed by atoms with van der Waals surface area (Å²) in [6.45, 7) is 5.95. The molecule has 0 saturated heterocycles. The number of aryl methyl sites for hydroxylation is 1. The summed E-state index contributed by atoms with van der Waals surface area (Å²) in [7, 11) is 0. The number of thiazole rings is 1. The van der Waals surface area contributed by atoms with E-state index >= 15 is 0 Å². The number of nitrogens with zero attached hydrogens (tertiary/aromatic N) is 4. The molecule has 2 aromatic heterocycles. The molecule has 0 fully saturated rings. The van der Waals surface area contributed by atoms with Crippen LogP contribution in [0.4, 0.5) is 5.13 Å². The number of aromatic nitrogens is 4. The molecule has 0 aliphatic carbocycles. The van der Waals surface area contributed by atoms with E-state index in [0.717, 1.165) is 31.7 Å².